The first-order chi connectivity index (χ1) is 18.8. The molecule has 0 fully saturated rings. The molecule has 7 heteroatoms. The molecule has 39 heavy (non-hydrogen) atoms. The van der Waals surface area contributed by atoms with Crippen LogP contribution in [0.1, 0.15) is 0 Å². The molecule has 6 nitrogen and oxygen atoms in total. The van der Waals surface area contributed by atoms with E-state index in [4.69, 9.17) is 0 Å². The van der Waals surface area contributed by atoms with Gasteiger partial charge in [-0.1, -0.05) is 54.2 Å². The third-order valence-electron chi connectivity index (χ3n) is 6.83. The maximum atomic E-state index is 4.54. The van der Waals surface area contributed by atoms with Gasteiger partial charge in [0.2, 0.25) is 5.78 Å². The minimum atomic E-state index is 0. The van der Waals surface area contributed by atoms with Gasteiger partial charge in [0.25, 0.3) is 0 Å². The van der Waals surface area contributed by atoms with Crippen LogP contribution in [0.5, 0.6) is 0 Å². The van der Waals surface area contributed by atoms with Crippen molar-refractivity contribution >= 4 is 44.8 Å². The van der Waals surface area contributed by atoms with E-state index in [1.54, 1.807) is 0 Å². The van der Waals surface area contributed by atoms with E-state index in [1.807, 2.05) is 68.7 Å². The van der Waals surface area contributed by atoms with Gasteiger partial charge >= 0.3 is 0 Å². The van der Waals surface area contributed by atoms with Gasteiger partial charge < -0.3 is 14.4 Å². The maximum absolute atomic E-state index is 4.54. The van der Waals surface area contributed by atoms with Crippen LogP contribution in [0, 0.1) is 12.7 Å². The Labute approximate surface area is 240 Å². The summed E-state index contributed by atoms with van der Waals surface area (Å²) in [7, 11) is 2.04. The number of hydrogen-bond donors (Lipinski definition) is 0. The van der Waals surface area contributed by atoms with E-state index in [1.165, 1.54) is 22.1 Å². The molecule has 1 radical (unpaired) electrons. The number of hydrogen-bond acceptors (Lipinski definition) is 4. The van der Waals surface area contributed by atoms with Gasteiger partial charge in [0.1, 0.15) is 5.82 Å². The van der Waals surface area contributed by atoms with Crippen LogP contribution in [0.3, 0.4) is 0 Å². The second-order valence-corrected chi connectivity index (χ2v) is 9.11. The number of anilines is 3. The Kier molecular flexibility index (Phi) is 6.61. The van der Waals surface area contributed by atoms with Crippen LogP contribution < -0.4 is 9.80 Å². The average Bonchev–Trinajstić information content (AvgIpc) is 3.67. The van der Waals surface area contributed by atoms with Crippen LogP contribution >= 0.6 is 0 Å². The summed E-state index contributed by atoms with van der Waals surface area (Å²) in [6.07, 6.45) is 5.65. The van der Waals surface area contributed by atoms with Gasteiger partial charge in [0, 0.05) is 50.1 Å². The van der Waals surface area contributed by atoms with Gasteiger partial charge in [0.15, 0.2) is 0 Å². The summed E-state index contributed by atoms with van der Waals surface area (Å²) in [4.78, 5) is 13.1. The molecule has 0 amide bonds. The Hall–Kier alpha value is -4.45. The number of imidazole rings is 2. The predicted octanol–water partition coefficient (Wildman–Crippen LogP) is 7.02. The molecule has 0 aliphatic carbocycles. The summed E-state index contributed by atoms with van der Waals surface area (Å²) >= 11 is 0. The minimum Gasteiger partial charge on any atom is -0.504 e. The molecular weight excluding hydrogens is 661 g/mol. The number of nitrogens with zero attached hydrogens (tertiary/aromatic N) is 6. The fourth-order valence-electron chi connectivity index (χ4n) is 5.11. The normalized spacial score (nSPS) is 12.3. The van der Waals surface area contributed by atoms with Gasteiger partial charge in [-0.25, -0.2) is 9.97 Å². The van der Waals surface area contributed by atoms with E-state index in [2.05, 4.69) is 102 Å². The molecular formula is C32H24IrN6-2. The first-order valence-electron chi connectivity index (χ1n) is 12.5. The smallest absolute Gasteiger partial charge is 0.217 e. The summed E-state index contributed by atoms with van der Waals surface area (Å²) in [5.74, 6) is 1.85. The molecule has 0 unspecified atom stereocenters. The molecule has 0 atom stereocenters. The van der Waals surface area contributed by atoms with E-state index in [0.717, 1.165) is 28.3 Å². The van der Waals surface area contributed by atoms with Crippen molar-refractivity contribution in [1.29, 1.82) is 0 Å². The molecule has 0 bridgehead atoms. The summed E-state index contributed by atoms with van der Waals surface area (Å²) in [5.41, 5.74) is 5.70. The summed E-state index contributed by atoms with van der Waals surface area (Å²) in [5, 5.41) is 2.38. The van der Waals surface area contributed by atoms with Gasteiger partial charge in [0.05, 0.1) is 11.0 Å². The molecule has 4 heterocycles. The second-order valence-electron chi connectivity index (χ2n) is 9.11. The molecule has 1 aliphatic heterocycles. The Morgan fingerprint density at radius 2 is 1.46 bits per heavy atom. The zero-order valence-electron chi connectivity index (χ0n) is 21.1. The topological polar surface area (TPSA) is 41.6 Å². The van der Waals surface area contributed by atoms with Crippen molar-refractivity contribution in [2.75, 3.05) is 16.8 Å². The minimum absolute atomic E-state index is 0. The standard InChI is InChI=1S/C19H12N3.C13H12N3.Ir/c1-2-8-15-14(6-1)7-5-11-16(15)22-18-10-4-3-9-17(18)21-13-12-20-19(21)22;1-15-10-16(13-8-4-5-9-14-13)12-7-3-2-6-11(12)15;/h1-10,12-13H;2-10H,1H3;/q2*-1;. The Morgan fingerprint density at radius 1 is 0.718 bits per heavy atom. The van der Waals surface area contributed by atoms with E-state index in [-0.39, 0.29) is 20.1 Å². The number of aromatic nitrogens is 4. The number of rotatable bonds is 2. The number of benzene rings is 4. The van der Waals surface area contributed by atoms with E-state index in [0.29, 0.717) is 0 Å². The number of pyridine rings is 1. The summed E-state index contributed by atoms with van der Waals surface area (Å²) in [6.45, 7) is 2.05. The predicted molar refractivity (Wildman–Crippen MR) is 154 cm³/mol. The van der Waals surface area contributed by atoms with Crippen molar-refractivity contribution in [2.24, 2.45) is 0 Å². The van der Waals surface area contributed by atoms with Gasteiger partial charge in [-0.15, -0.1) is 23.5 Å². The molecule has 0 spiro atoms. The van der Waals surface area contributed by atoms with Crippen molar-refractivity contribution < 1.29 is 20.1 Å². The van der Waals surface area contributed by atoms with Crippen LogP contribution in [-0.2, 0) is 20.1 Å². The first kappa shape index (κ1) is 24.9. The monoisotopic (exact) mass is 685 g/mol. The maximum Gasteiger partial charge on any atom is 0.217 e. The molecule has 0 saturated heterocycles. The molecule has 193 valence electrons. The number of fused-ring (bicyclic) bond motifs is 5. The van der Waals surface area contributed by atoms with Crippen LogP contribution in [0.4, 0.5) is 17.2 Å². The SMILES string of the molecule is CN1[CH-]N(c2ccccn2)c2ccccc21.[Ir].[c-]1ccc2ccccc2c1-n1c2ccccc2n2ccnc12. The fraction of sp³-hybridized carbons (Fsp3) is 0.0312. The summed E-state index contributed by atoms with van der Waals surface area (Å²) in [6, 6.07) is 38.4. The Balaban J connectivity index is 0.000000145. The van der Waals surface area contributed by atoms with Crippen LogP contribution in [-0.4, -0.2) is 26.0 Å². The number of para-hydroxylation sites is 4. The van der Waals surface area contributed by atoms with Crippen molar-refractivity contribution in [3.05, 3.63) is 134 Å². The third-order valence-corrected chi connectivity index (χ3v) is 6.83. The fourth-order valence-corrected chi connectivity index (χ4v) is 5.11. The Morgan fingerprint density at radius 3 is 2.31 bits per heavy atom. The quantitative estimate of drug-likeness (QED) is 0.184. The molecule has 0 saturated carbocycles. The first-order valence-corrected chi connectivity index (χ1v) is 12.5. The van der Waals surface area contributed by atoms with E-state index >= 15 is 0 Å². The van der Waals surface area contributed by atoms with Crippen LogP contribution in [0.15, 0.2) is 122 Å². The van der Waals surface area contributed by atoms with E-state index in [9.17, 15) is 0 Å². The second kappa shape index (κ2) is 10.4. The third kappa shape index (κ3) is 4.26. The molecule has 3 aromatic heterocycles. The summed E-state index contributed by atoms with van der Waals surface area (Å²) < 4.78 is 4.29. The largest absolute Gasteiger partial charge is 0.504 e. The van der Waals surface area contributed by atoms with Crippen molar-refractivity contribution in [1.82, 2.24) is 18.9 Å². The zero-order chi connectivity index (χ0) is 25.5. The molecule has 0 N–H and O–H groups in total. The molecule has 7 aromatic rings. The molecule has 4 aromatic carbocycles. The van der Waals surface area contributed by atoms with Gasteiger partial charge in [-0.3, -0.25) is 4.40 Å². The Bertz CT molecular complexity index is 1890. The molecule has 1 aliphatic rings. The average molecular weight is 685 g/mol. The van der Waals surface area contributed by atoms with Crippen molar-refractivity contribution in [2.45, 2.75) is 0 Å². The van der Waals surface area contributed by atoms with Gasteiger partial charge in [-0.05, 0) is 43.4 Å². The van der Waals surface area contributed by atoms with E-state index < -0.39 is 0 Å². The van der Waals surface area contributed by atoms with Crippen molar-refractivity contribution in [3.8, 4) is 5.69 Å². The molecule has 8 rings (SSSR count). The van der Waals surface area contributed by atoms with Crippen LogP contribution in [0.2, 0.25) is 0 Å². The van der Waals surface area contributed by atoms with Gasteiger partial charge in [-0.2, -0.15) is 18.2 Å². The van der Waals surface area contributed by atoms with Crippen LogP contribution in [0.25, 0.3) is 33.3 Å². The zero-order valence-corrected chi connectivity index (χ0v) is 23.5. The van der Waals surface area contributed by atoms with Crippen molar-refractivity contribution in [3.63, 3.8) is 0 Å².